The molecule has 11 heteroatoms. The fraction of sp³-hybridized carbons (Fsp3) is 0.419. The summed E-state index contributed by atoms with van der Waals surface area (Å²) in [6, 6.07) is 10.7. The quantitative estimate of drug-likeness (QED) is 0.312. The first kappa shape index (κ1) is 29.5. The monoisotopic (exact) mass is 581 g/mol. The first-order chi connectivity index (χ1) is 20.0. The fourth-order valence-electron chi connectivity index (χ4n) is 5.02. The molecule has 0 spiro atoms. The molecule has 0 unspecified atom stereocenters. The zero-order chi connectivity index (χ0) is 29.9. The third-order valence-electron chi connectivity index (χ3n) is 7.58. The number of aryl methyl sites for hydroxylation is 1. The molecule has 0 atom stereocenters. The summed E-state index contributed by atoms with van der Waals surface area (Å²) in [5, 5.41) is 6.00. The minimum Gasteiger partial charge on any atom is -0.439 e. The molecule has 1 amide bonds. The molecule has 2 fully saturated rings. The number of anilines is 2. The van der Waals surface area contributed by atoms with Crippen molar-refractivity contribution in [3.63, 3.8) is 0 Å². The minimum absolute atomic E-state index is 0.0404. The van der Waals surface area contributed by atoms with Crippen molar-refractivity contribution in [1.82, 2.24) is 14.9 Å². The summed E-state index contributed by atoms with van der Waals surface area (Å²) in [5.74, 6) is 0.884. The molecule has 5 rings (SSSR count). The third kappa shape index (κ3) is 8.06. The van der Waals surface area contributed by atoms with Crippen molar-refractivity contribution < 1.29 is 27.5 Å². The van der Waals surface area contributed by atoms with Gasteiger partial charge in [-0.1, -0.05) is 6.07 Å². The summed E-state index contributed by atoms with van der Waals surface area (Å²) in [6.45, 7) is 3.60. The van der Waals surface area contributed by atoms with Gasteiger partial charge in [-0.2, -0.15) is 13.2 Å². The zero-order valence-corrected chi connectivity index (χ0v) is 23.6. The number of amides is 1. The van der Waals surface area contributed by atoms with Crippen LogP contribution in [0.2, 0.25) is 0 Å². The van der Waals surface area contributed by atoms with Crippen molar-refractivity contribution in [3.8, 4) is 11.6 Å². The normalized spacial score (nSPS) is 16.2. The molecule has 0 bridgehead atoms. The van der Waals surface area contributed by atoms with Crippen LogP contribution in [0.15, 0.2) is 48.8 Å². The van der Waals surface area contributed by atoms with E-state index in [1.807, 2.05) is 14.0 Å². The number of carbonyl (C=O) groups is 2. The van der Waals surface area contributed by atoms with Crippen molar-refractivity contribution >= 4 is 23.2 Å². The van der Waals surface area contributed by atoms with Gasteiger partial charge >= 0.3 is 6.18 Å². The summed E-state index contributed by atoms with van der Waals surface area (Å²) in [5.41, 5.74) is 1.51. The lowest BCUT2D eigenvalue weighted by atomic mass is 9.97. The van der Waals surface area contributed by atoms with Crippen LogP contribution in [-0.4, -0.2) is 52.7 Å². The second-order valence-corrected chi connectivity index (χ2v) is 11.2. The van der Waals surface area contributed by atoms with Crippen LogP contribution in [0.5, 0.6) is 11.6 Å². The molecule has 1 aromatic heterocycles. The second-order valence-electron chi connectivity index (χ2n) is 11.2. The van der Waals surface area contributed by atoms with E-state index in [2.05, 4.69) is 25.5 Å². The van der Waals surface area contributed by atoms with Crippen LogP contribution in [0.25, 0.3) is 0 Å². The van der Waals surface area contributed by atoms with Crippen molar-refractivity contribution in [2.45, 2.75) is 57.7 Å². The molecule has 2 aromatic carbocycles. The van der Waals surface area contributed by atoms with E-state index in [0.717, 1.165) is 62.0 Å². The summed E-state index contributed by atoms with van der Waals surface area (Å²) >= 11 is 0. The Balaban J connectivity index is 1.22. The van der Waals surface area contributed by atoms with E-state index >= 15 is 0 Å². The van der Waals surface area contributed by atoms with Gasteiger partial charge < -0.3 is 20.3 Å². The highest BCUT2D eigenvalue weighted by Gasteiger charge is 2.32. The van der Waals surface area contributed by atoms with Crippen LogP contribution in [0.4, 0.5) is 24.7 Å². The Labute approximate surface area is 242 Å². The molecule has 1 aliphatic heterocycles. The molecule has 8 nitrogen and oxygen atoms in total. The highest BCUT2D eigenvalue weighted by molar-refractivity contribution is 5.93. The van der Waals surface area contributed by atoms with Gasteiger partial charge in [-0.25, -0.2) is 9.97 Å². The number of halogens is 3. The molecule has 0 radical (unpaired) electrons. The average Bonchev–Trinajstić information content (AvgIpc) is 3.77. The first-order valence-electron chi connectivity index (χ1n) is 14.1. The number of ether oxygens (including phenoxy) is 1. The highest BCUT2D eigenvalue weighted by Crippen LogP contribution is 2.33. The van der Waals surface area contributed by atoms with Gasteiger partial charge in [0.1, 0.15) is 23.7 Å². The highest BCUT2D eigenvalue weighted by atomic mass is 19.4. The number of ketones is 1. The van der Waals surface area contributed by atoms with Crippen molar-refractivity contribution in [3.05, 3.63) is 71.0 Å². The lowest BCUT2D eigenvalue weighted by Gasteiger charge is -2.30. The number of hydrogen-bond donors (Lipinski definition) is 2. The van der Waals surface area contributed by atoms with Crippen LogP contribution >= 0.6 is 0 Å². The van der Waals surface area contributed by atoms with Gasteiger partial charge in [0.15, 0.2) is 0 Å². The van der Waals surface area contributed by atoms with Crippen LogP contribution in [0, 0.1) is 12.8 Å². The van der Waals surface area contributed by atoms with Crippen molar-refractivity contribution in [2.24, 2.45) is 5.92 Å². The Morgan fingerprint density at radius 3 is 2.45 bits per heavy atom. The number of Topliss-reactive ketones (excluding diaryl/α,β-unsaturated/α-hetero) is 1. The van der Waals surface area contributed by atoms with Gasteiger partial charge in [0.2, 0.25) is 11.8 Å². The number of nitrogens with one attached hydrogen (secondary N) is 2. The molecule has 2 heterocycles. The van der Waals surface area contributed by atoms with Gasteiger partial charge in [-0.05, 0) is 99.8 Å². The minimum atomic E-state index is -4.51. The number of alkyl halides is 3. The Morgan fingerprint density at radius 2 is 1.76 bits per heavy atom. The second kappa shape index (κ2) is 12.5. The van der Waals surface area contributed by atoms with Crippen LogP contribution < -0.4 is 15.4 Å². The number of aromatic nitrogens is 2. The van der Waals surface area contributed by atoms with Gasteiger partial charge in [-0.3, -0.25) is 9.59 Å². The maximum Gasteiger partial charge on any atom is 0.416 e. The van der Waals surface area contributed by atoms with Gasteiger partial charge in [-0.15, -0.1) is 0 Å². The number of hydrogen-bond acceptors (Lipinski definition) is 7. The molecular formula is C31H34F3N5O3. The molecule has 42 heavy (non-hydrogen) atoms. The number of nitrogens with zero attached hydrogens (tertiary/aromatic N) is 3. The first-order valence-corrected chi connectivity index (χ1v) is 14.1. The smallest absolute Gasteiger partial charge is 0.416 e. The Morgan fingerprint density at radius 1 is 1.00 bits per heavy atom. The van der Waals surface area contributed by atoms with Crippen LogP contribution in [-0.2, 0) is 28.6 Å². The maximum absolute atomic E-state index is 13.7. The Kier molecular flexibility index (Phi) is 8.77. The summed E-state index contributed by atoms with van der Waals surface area (Å²) in [6.07, 6.45) is 0.203. The van der Waals surface area contributed by atoms with Crippen molar-refractivity contribution in [1.29, 1.82) is 0 Å². The van der Waals surface area contributed by atoms with E-state index in [1.165, 1.54) is 12.4 Å². The van der Waals surface area contributed by atoms with Crippen LogP contribution in [0.3, 0.4) is 0 Å². The average molecular weight is 582 g/mol. The standard InChI is InChI=1S/C31H34F3N5O3/c1-19-11-27(42-29-17-28(35-18-36-29)38-30(41)21-3-4-21)6-5-22(19)15-26(40)14-20-12-23(31(32,33)34)16-25(13-20)37-24-7-9-39(2)10-8-24/h5-6,11-13,16-18,21,24,37H,3-4,7-10,14-15H2,1-2H3,(H,35,36,38,41). The number of carbonyl (C=O) groups excluding carboxylic acids is 2. The van der Waals surface area contributed by atoms with Crippen LogP contribution in [0.1, 0.15) is 47.9 Å². The van der Waals surface area contributed by atoms with E-state index < -0.39 is 11.7 Å². The topological polar surface area (TPSA) is 96.5 Å². The van der Waals surface area contributed by atoms with Crippen molar-refractivity contribution in [2.75, 3.05) is 30.8 Å². The lowest BCUT2D eigenvalue weighted by Crippen LogP contribution is -2.36. The lowest BCUT2D eigenvalue weighted by molar-refractivity contribution is -0.137. The van der Waals surface area contributed by atoms with E-state index in [-0.39, 0.29) is 42.4 Å². The van der Waals surface area contributed by atoms with Gasteiger partial charge in [0.05, 0.1) is 5.56 Å². The summed E-state index contributed by atoms with van der Waals surface area (Å²) < 4.78 is 46.8. The van der Waals surface area contributed by atoms with E-state index in [0.29, 0.717) is 22.8 Å². The molecule has 3 aromatic rings. The predicted octanol–water partition coefficient (Wildman–Crippen LogP) is 5.81. The maximum atomic E-state index is 13.7. The molecule has 2 N–H and O–H groups in total. The number of benzene rings is 2. The number of piperidine rings is 1. The summed E-state index contributed by atoms with van der Waals surface area (Å²) in [4.78, 5) is 35.3. The SMILES string of the molecule is Cc1cc(Oc2cc(NC(=O)C3CC3)ncn2)ccc1CC(=O)Cc1cc(NC2CCN(C)CC2)cc(C(F)(F)F)c1. The molecule has 1 saturated heterocycles. The Hall–Kier alpha value is -3.99. The summed E-state index contributed by atoms with van der Waals surface area (Å²) in [7, 11) is 2.03. The molecular weight excluding hydrogens is 547 g/mol. The number of likely N-dealkylation sites (tertiary alicyclic amines) is 1. The van der Waals surface area contributed by atoms with Gasteiger partial charge in [0.25, 0.3) is 0 Å². The number of rotatable bonds is 10. The van der Waals surface area contributed by atoms with Gasteiger partial charge in [0, 0.05) is 36.6 Å². The predicted molar refractivity (Wildman–Crippen MR) is 153 cm³/mol. The zero-order valence-electron chi connectivity index (χ0n) is 23.6. The fourth-order valence-corrected chi connectivity index (χ4v) is 5.02. The third-order valence-corrected chi connectivity index (χ3v) is 7.58. The molecule has 222 valence electrons. The van der Waals surface area contributed by atoms with E-state index in [9.17, 15) is 22.8 Å². The largest absolute Gasteiger partial charge is 0.439 e. The Bertz CT molecular complexity index is 1450. The molecule has 1 aliphatic carbocycles. The van der Waals surface area contributed by atoms with E-state index in [4.69, 9.17) is 4.74 Å². The molecule has 2 aliphatic rings. The molecule has 1 saturated carbocycles. The van der Waals surface area contributed by atoms with E-state index in [1.54, 1.807) is 24.3 Å².